The maximum Gasteiger partial charge on any atom is 0.306 e. The summed E-state index contributed by atoms with van der Waals surface area (Å²) in [6.07, 6.45) is 3.19. The fraction of sp³-hybridized carbons (Fsp3) is 0.364. The molecule has 1 aliphatic rings. The second-order valence-electron chi connectivity index (χ2n) is 7.56. The van der Waals surface area contributed by atoms with Gasteiger partial charge in [-0.2, -0.15) is 0 Å². The Kier molecular flexibility index (Phi) is 5.50. The van der Waals surface area contributed by atoms with Gasteiger partial charge in [-0.25, -0.2) is 4.98 Å². The first-order valence-corrected chi connectivity index (χ1v) is 9.94. The van der Waals surface area contributed by atoms with Gasteiger partial charge in [0, 0.05) is 24.0 Å². The molecule has 4 rings (SSSR count). The number of hydrogen-bond acceptors (Lipinski definition) is 6. The summed E-state index contributed by atoms with van der Waals surface area (Å²) in [5, 5.41) is 9.27. The maximum atomic E-state index is 11.3. The lowest BCUT2D eigenvalue weighted by atomic mass is 9.97. The Balaban J connectivity index is 1.73. The molecule has 0 unspecified atom stereocenters. The van der Waals surface area contributed by atoms with Crippen LogP contribution in [0, 0.1) is 5.92 Å². The minimum Gasteiger partial charge on any atom is -0.493 e. The van der Waals surface area contributed by atoms with E-state index in [-0.39, 0.29) is 5.92 Å². The summed E-state index contributed by atoms with van der Waals surface area (Å²) >= 11 is 0. The molecule has 1 aromatic carbocycles. The van der Waals surface area contributed by atoms with Crippen LogP contribution in [0.3, 0.4) is 0 Å². The van der Waals surface area contributed by atoms with Gasteiger partial charge in [-0.1, -0.05) is 0 Å². The Morgan fingerprint density at radius 2 is 1.90 bits per heavy atom. The Morgan fingerprint density at radius 3 is 2.57 bits per heavy atom. The normalized spacial score (nSPS) is 15.4. The Morgan fingerprint density at radius 1 is 1.17 bits per heavy atom. The first-order chi connectivity index (χ1) is 14.5. The molecule has 0 atom stereocenters. The number of rotatable bonds is 6. The lowest BCUT2D eigenvalue weighted by molar-refractivity contribution is -0.143. The molecule has 3 aromatic rings. The lowest BCUT2D eigenvalue weighted by Crippen LogP contribution is -2.36. The molecule has 0 bridgehead atoms. The largest absolute Gasteiger partial charge is 0.493 e. The summed E-state index contributed by atoms with van der Waals surface area (Å²) in [4.78, 5) is 18.4. The van der Waals surface area contributed by atoms with Gasteiger partial charge in [0.15, 0.2) is 11.5 Å². The Bertz CT molecular complexity index is 1070. The number of piperidine rings is 1. The predicted octanol–water partition coefficient (Wildman–Crippen LogP) is 2.90. The molecule has 3 heterocycles. The Hall–Kier alpha value is -3.26. The van der Waals surface area contributed by atoms with Crippen molar-refractivity contribution in [1.29, 1.82) is 0 Å². The fourth-order valence-electron chi connectivity index (χ4n) is 4.03. The van der Waals surface area contributed by atoms with Crippen LogP contribution in [0.15, 0.2) is 36.5 Å². The topological polar surface area (TPSA) is 102 Å². The molecule has 8 nitrogen and oxygen atoms in total. The number of carboxylic acid groups (broad SMARTS) is 1. The number of fused-ring (bicyclic) bond motifs is 1. The molecule has 1 aliphatic heterocycles. The van der Waals surface area contributed by atoms with E-state index in [1.54, 1.807) is 14.2 Å². The highest BCUT2D eigenvalue weighted by molar-refractivity contribution is 5.71. The van der Waals surface area contributed by atoms with Crippen molar-refractivity contribution in [1.82, 2.24) is 14.3 Å². The molecule has 1 fully saturated rings. The van der Waals surface area contributed by atoms with Crippen molar-refractivity contribution in [3.63, 3.8) is 0 Å². The van der Waals surface area contributed by atoms with Crippen LogP contribution in [0.4, 0.5) is 5.69 Å². The molecule has 3 N–H and O–H groups in total. The van der Waals surface area contributed by atoms with Gasteiger partial charge in [0.25, 0.3) is 0 Å². The number of benzene rings is 1. The average molecular weight is 410 g/mol. The van der Waals surface area contributed by atoms with Crippen molar-refractivity contribution in [3.8, 4) is 22.8 Å². The standard InChI is InChI=1S/C22H26N4O4/c1-29-18-5-3-15(11-19(18)30-2)21-17(26-12-16(23)4-6-20(26)24-21)13-25-9-7-14(8-10-25)22(27)28/h3-6,11-12,14H,7-10,13,23H2,1-2H3,(H,27,28). The zero-order valence-electron chi connectivity index (χ0n) is 17.2. The molecule has 0 aliphatic carbocycles. The van der Waals surface area contributed by atoms with E-state index >= 15 is 0 Å². The van der Waals surface area contributed by atoms with E-state index in [9.17, 15) is 9.90 Å². The van der Waals surface area contributed by atoms with E-state index in [0.717, 1.165) is 35.7 Å². The zero-order chi connectivity index (χ0) is 21.3. The van der Waals surface area contributed by atoms with Crippen LogP contribution in [0.2, 0.25) is 0 Å². The maximum absolute atomic E-state index is 11.3. The number of aliphatic carboxylic acids is 1. The summed E-state index contributed by atoms with van der Waals surface area (Å²) in [5.74, 6) is 0.332. The molecule has 30 heavy (non-hydrogen) atoms. The van der Waals surface area contributed by atoms with Crippen LogP contribution >= 0.6 is 0 Å². The van der Waals surface area contributed by atoms with Gasteiger partial charge in [-0.15, -0.1) is 0 Å². The number of carboxylic acids is 1. The minimum atomic E-state index is -0.705. The molecule has 0 radical (unpaired) electrons. The molecule has 158 valence electrons. The van der Waals surface area contributed by atoms with E-state index in [1.165, 1.54) is 0 Å². The third kappa shape index (κ3) is 3.78. The third-order valence-electron chi connectivity index (χ3n) is 5.71. The molecular weight excluding hydrogens is 384 g/mol. The van der Waals surface area contributed by atoms with Gasteiger partial charge >= 0.3 is 5.97 Å². The fourth-order valence-corrected chi connectivity index (χ4v) is 4.03. The van der Waals surface area contributed by atoms with E-state index in [4.69, 9.17) is 20.2 Å². The summed E-state index contributed by atoms with van der Waals surface area (Å²) in [6.45, 7) is 2.12. The van der Waals surface area contributed by atoms with E-state index in [0.29, 0.717) is 36.6 Å². The van der Waals surface area contributed by atoms with Crippen LogP contribution in [-0.4, -0.2) is 52.7 Å². The first kappa shape index (κ1) is 20.0. The number of methoxy groups -OCH3 is 2. The molecule has 1 saturated heterocycles. The van der Waals surface area contributed by atoms with Gasteiger partial charge in [0.05, 0.1) is 31.5 Å². The van der Waals surface area contributed by atoms with Crippen molar-refractivity contribution in [2.45, 2.75) is 19.4 Å². The highest BCUT2D eigenvalue weighted by atomic mass is 16.5. The van der Waals surface area contributed by atoms with Crippen molar-refractivity contribution in [2.75, 3.05) is 33.0 Å². The minimum absolute atomic E-state index is 0.260. The second-order valence-corrected chi connectivity index (χ2v) is 7.56. The number of likely N-dealkylation sites (tertiary alicyclic amines) is 1. The first-order valence-electron chi connectivity index (χ1n) is 9.94. The van der Waals surface area contributed by atoms with Crippen LogP contribution in [0.25, 0.3) is 16.9 Å². The number of pyridine rings is 1. The van der Waals surface area contributed by atoms with Gasteiger partial charge in [0.2, 0.25) is 0 Å². The third-order valence-corrected chi connectivity index (χ3v) is 5.71. The van der Waals surface area contributed by atoms with Gasteiger partial charge < -0.3 is 24.7 Å². The summed E-state index contributed by atoms with van der Waals surface area (Å²) in [6, 6.07) is 9.49. The smallest absolute Gasteiger partial charge is 0.306 e. The lowest BCUT2D eigenvalue weighted by Gasteiger charge is -2.30. The van der Waals surface area contributed by atoms with Crippen LogP contribution in [-0.2, 0) is 11.3 Å². The number of nitrogens with two attached hydrogens (primary N) is 1. The van der Waals surface area contributed by atoms with Crippen LogP contribution in [0.5, 0.6) is 11.5 Å². The number of hydrogen-bond donors (Lipinski definition) is 2. The van der Waals surface area contributed by atoms with Crippen molar-refractivity contribution in [2.24, 2.45) is 5.92 Å². The number of nitrogen functional groups attached to an aromatic ring is 1. The molecule has 0 saturated carbocycles. The van der Waals surface area contributed by atoms with Gasteiger partial charge in [0.1, 0.15) is 5.65 Å². The number of aromatic nitrogens is 2. The molecule has 0 spiro atoms. The second kappa shape index (κ2) is 8.23. The van der Waals surface area contributed by atoms with E-state index in [2.05, 4.69) is 4.90 Å². The summed E-state index contributed by atoms with van der Waals surface area (Å²) in [5.41, 5.74) is 10.3. The monoisotopic (exact) mass is 410 g/mol. The highest BCUT2D eigenvalue weighted by Gasteiger charge is 2.26. The van der Waals surface area contributed by atoms with E-state index in [1.807, 2.05) is 40.9 Å². The SMILES string of the molecule is COc1ccc(-c2nc3ccc(N)cn3c2CN2CCC(C(=O)O)CC2)cc1OC. The predicted molar refractivity (Wildman–Crippen MR) is 114 cm³/mol. The quantitative estimate of drug-likeness (QED) is 0.644. The van der Waals surface area contributed by atoms with Gasteiger partial charge in [-0.3, -0.25) is 9.69 Å². The van der Waals surface area contributed by atoms with Crippen LogP contribution in [0.1, 0.15) is 18.5 Å². The number of imidazole rings is 1. The van der Waals surface area contributed by atoms with E-state index < -0.39 is 5.97 Å². The molecular formula is C22H26N4O4. The number of nitrogens with zero attached hydrogens (tertiary/aromatic N) is 3. The Labute approximate surface area is 174 Å². The number of carbonyl (C=O) groups is 1. The van der Waals surface area contributed by atoms with Crippen molar-refractivity contribution < 1.29 is 19.4 Å². The highest BCUT2D eigenvalue weighted by Crippen LogP contribution is 2.34. The average Bonchev–Trinajstić information content (AvgIpc) is 3.11. The molecule has 2 aromatic heterocycles. The molecule has 0 amide bonds. The number of anilines is 1. The van der Waals surface area contributed by atoms with Crippen molar-refractivity contribution >= 4 is 17.3 Å². The van der Waals surface area contributed by atoms with Crippen molar-refractivity contribution in [3.05, 3.63) is 42.2 Å². The summed E-state index contributed by atoms with van der Waals surface area (Å²) < 4.78 is 12.8. The van der Waals surface area contributed by atoms with Gasteiger partial charge in [-0.05, 0) is 56.3 Å². The summed E-state index contributed by atoms with van der Waals surface area (Å²) in [7, 11) is 3.22. The number of ether oxygens (including phenoxy) is 2. The zero-order valence-corrected chi connectivity index (χ0v) is 17.2. The van der Waals surface area contributed by atoms with Crippen LogP contribution < -0.4 is 15.2 Å². The molecule has 8 heteroatoms.